The van der Waals surface area contributed by atoms with Gasteiger partial charge in [0.05, 0.1) is 23.8 Å². The van der Waals surface area contributed by atoms with Gasteiger partial charge < -0.3 is 24.3 Å². The second-order valence-corrected chi connectivity index (χ2v) is 5.74. The summed E-state index contributed by atoms with van der Waals surface area (Å²) in [5.74, 6) is 0.266. The summed E-state index contributed by atoms with van der Waals surface area (Å²) in [7, 11) is 1.37. The first-order chi connectivity index (χ1) is 13.4. The monoisotopic (exact) mass is 388 g/mol. The number of ketones is 1. The second-order valence-electron chi connectivity index (χ2n) is 5.74. The molecule has 0 fully saturated rings. The molecule has 1 amide bonds. The molecule has 10 heteroatoms. The van der Waals surface area contributed by atoms with Crippen LogP contribution in [0.5, 0.6) is 23.0 Å². The first kappa shape index (κ1) is 19.0. The van der Waals surface area contributed by atoms with E-state index in [0.29, 0.717) is 11.5 Å². The first-order valence-corrected chi connectivity index (χ1v) is 8.08. The van der Waals surface area contributed by atoms with Crippen LogP contribution >= 0.6 is 0 Å². The molecule has 10 nitrogen and oxygen atoms in total. The number of carbonyl (C=O) groups excluding carboxylic acids is 2. The van der Waals surface area contributed by atoms with Crippen LogP contribution in [0.25, 0.3) is 0 Å². The van der Waals surface area contributed by atoms with E-state index < -0.39 is 17.4 Å². The largest absolute Gasteiger partial charge is 0.493 e. The van der Waals surface area contributed by atoms with Crippen LogP contribution < -0.4 is 24.3 Å². The maximum Gasteiger partial charge on any atom is 0.273 e. The molecule has 0 radical (unpaired) electrons. The van der Waals surface area contributed by atoms with E-state index in [-0.39, 0.29) is 41.0 Å². The van der Waals surface area contributed by atoms with Crippen molar-refractivity contribution in [2.75, 3.05) is 25.8 Å². The van der Waals surface area contributed by atoms with E-state index >= 15 is 0 Å². The number of fused-ring (bicyclic) bond motifs is 1. The number of benzene rings is 2. The smallest absolute Gasteiger partial charge is 0.273 e. The number of amides is 1. The number of hydrogen-bond acceptors (Lipinski definition) is 8. The maximum absolute atomic E-state index is 12.3. The van der Waals surface area contributed by atoms with Crippen molar-refractivity contribution in [3.05, 3.63) is 46.0 Å². The van der Waals surface area contributed by atoms with Crippen molar-refractivity contribution in [2.45, 2.75) is 6.92 Å². The molecule has 28 heavy (non-hydrogen) atoms. The average molecular weight is 388 g/mol. The number of nitrogens with zero attached hydrogens (tertiary/aromatic N) is 1. The Balaban J connectivity index is 1.74. The van der Waals surface area contributed by atoms with Crippen molar-refractivity contribution in [3.8, 4) is 23.0 Å². The molecule has 0 atom stereocenters. The molecule has 3 rings (SSSR count). The minimum Gasteiger partial charge on any atom is -0.493 e. The van der Waals surface area contributed by atoms with Crippen LogP contribution in [0.2, 0.25) is 0 Å². The Morgan fingerprint density at radius 1 is 1.18 bits per heavy atom. The number of anilines is 1. The van der Waals surface area contributed by atoms with Crippen LogP contribution in [0.4, 0.5) is 11.4 Å². The van der Waals surface area contributed by atoms with E-state index in [1.165, 1.54) is 38.3 Å². The molecule has 0 aromatic heterocycles. The minimum absolute atomic E-state index is 0.0276. The molecule has 0 aliphatic carbocycles. The van der Waals surface area contributed by atoms with Gasteiger partial charge in [0.15, 0.2) is 35.4 Å². The van der Waals surface area contributed by atoms with Crippen molar-refractivity contribution < 1.29 is 33.5 Å². The van der Waals surface area contributed by atoms with Gasteiger partial charge in [0.1, 0.15) is 0 Å². The minimum atomic E-state index is -0.585. The highest BCUT2D eigenvalue weighted by atomic mass is 16.7. The SMILES string of the molecule is COc1ccc([N+](=O)[O-])cc1OCC(=O)Nc1cc2c(cc1C(C)=O)OCO2. The number of hydrogen-bond donors (Lipinski definition) is 1. The van der Waals surface area contributed by atoms with Gasteiger partial charge in [0.2, 0.25) is 6.79 Å². The number of Topliss-reactive ketones (excluding diaryl/α,β-unsaturated/α-hetero) is 1. The Bertz CT molecular complexity index is 957. The number of carbonyl (C=O) groups is 2. The van der Waals surface area contributed by atoms with E-state index in [1.54, 1.807) is 0 Å². The number of rotatable bonds is 7. The zero-order chi connectivity index (χ0) is 20.3. The van der Waals surface area contributed by atoms with Gasteiger partial charge in [0.25, 0.3) is 11.6 Å². The fourth-order valence-corrected chi connectivity index (χ4v) is 2.56. The molecule has 1 heterocycles. The normalized spacial score (nSPS) is 11.6. The molecule has 2 aromatic rings. The molecule has 0 spiro atoms. The van der Waals surface area contributed by atoms with E-state index in [4.69, 9.17) is 18.9 Å². The number of non-ortho nitro benzene ring substituents is 1. The summed E-state index contributed by atoms with van der Waals surface area (Å²) in [6.45, 7) is 0.931. The van der Waals surface area contributed by atoms with E-state index in [2.05, 4.69) is 5.32 Å². The number of methoxy groups -OCH3 is 1. The van der Waals surface area contributed by atoms with Crippen molar-refractivity contribution in [2.24, 2.45) is 0 Å². The summed E-state index contributed by atoms with van der Waals surface area (Å²) in [4.78, 5) is 34.5. The third-order valence-electron chi connectivity index (χ3n) is 3.88. The number of ether oxygens (including phenoxy) is 4. The van der Waals surface area contributed by atoms with Gasteiger partial charge in [-0.15, -0.1) is 0 Å². The Kier molecular flexibility index (Phi) is 5.30. The van der Waals surface area contributed by atoms with Gasteiger partial charge in [-0.05, 0) is 19.1 Å². The van der Waals surface area contributed by atoms with Gasteiger partial charge in [-0.25, -0.2) is 0 Å². The van der Waals surface area contributed by atoms with Gasteiger partial charge in [0, 0.05) is 17.7 Å². The Morgan fingerprint density at radius 3 is 2.54 bits per heavy atom. The molecule has 0 saturated carbocycles. The zero-order valence-corrected chi connectivity index (χ0v) is 15.0. The summed E-state index contributed by atoms with van der Waals surface area (Å²) in [6, 6.07) is 6.78. The summed E-state index contributed by atoms with van der Waals surface area (Å²) in [6.07, 6.45) is 0. The van der Waals surface area contributed by atoms with Gasteiger partial charge in [-0.3, -0.25) is 19.7 Å². The van der Waals surface area contributed by atoms with Crippen molar-refractivity contribution in [1.82, 2.24) is 0 Å². The Labute approximate surface area is 159 Å². The lowest BCUT2D eigenvalue weighted by Gasteiger charge is -2.12. The van der Waals surface area contributed by atoms with E-state index in [1.807, 2.05) is 0 Å². The fourth-order valence-electron chi connectivity index (χ4n) is 2.56. The summed E-state index contributed by atoms with van der Waals surface area (Å²) >= 11 is 0. The second kappa shape index (κ2) is 7.82. The summed E-state index contributed by atoms with van der Waals surface area (Å²) in [5.41, 5.74) is 0.299. The van der Waals surface area contributed by atoms with E-state index in [0.717, 1.165) is 6.07 Å². The quantitative estimate of drug-likeness (QED) is 0.436. The predicted molar refractivity (Wildman–Crippen MR) is 96.3 cm³/mol. The number of nitrogens with one attached hydrogen (secondary N) is 1. The topological polar surface area (TPSA) is 126 Å². The summed E-state index contributed by atoms with van der Waals surface area (Å²) < 4.78 is 20.9. The van der Waals surface area contributed by atoms with Crippen LogP contribution in [0, 0.1) is 10.1 Å². The van der Waals surface area contributed by atoms with Gasteiger partial charge >= 0.3 is 0 Å². The number of nitro benzene ring substituents is 1. The molecule has 2 aromatic carbocycles. The number of nitro groups is 1. The maximum atomic E-state index is 12.3. The van der Waals surface area contributed by atoms with E-state index in [9.17, 15) is 19.7 Å². The predicted octanol–water partition coefficient (Wildman–Crippen LogP) is 2.55. The molecule has 0 bridgehead atoms. The van der Waals surface area contributed by atoms with Crippen LogP contribution in [0.15, 0.2) is 30.3 Å². The molecule has 1 aliphatic rings. The third-order valence-corrected chi connectivity index (χ3v) is 3.88. The molecule has 1 N–H and O–H groups in total. The zero-order valence-electron chi connectivity index (χ0n) is 15.0. The lowest BCUT2D eigenvalue weighted by Crippen LogP contribution is -2.21. The fraction of sp³-hybridized carbons (Fsp3) is 0.222. The molecule has 1 aliphatic heterocycles. The molecule has 146 valence electrons. The molecular formula is C18H16N2O8. The average Bonchev–Trinajstić information content (AvgIpc) is 3.12. The molecular weight excluding hydrogens is 372 g/mol. The Morgan fingerprint density at radius 2 is 1.89 bits per heavy atom. The van der Waals surface area contributed by atoms with Crippen molar-refractivity contribution >= 4 is 23.1 Å². The highest BCUT2D eigenvalue weighted by Crippen LogP contribution is 2.37. The van der Waals surface area contributed by atoms with Gasteiger partial charge in [-0.1, -0.05) is 0 Å². The Hall–Kier alpha value is -3.82. The lowest BCUT2D eigenvalue weighted by atomic mass is 10.1. The molecule has 0 unspecified atom stereocenters. The van der Waals surface area contributed by atoms with Crippen LogP contribution in [-0.2, 0) is 4.79 Å². The van der Waals surface area contributed by atoms with Gasteiger partial charge in [-0.2, -0.15) is 0 Å². The van der Waals surface area contributed by atoms with Crippen molar-refractivity contribution in [3.63, 3.8) is 0 Å². The first-order valence-electron chi connectivity index (χ1n) is 8.08. The van der Waals surface area contributed by atoms with Crippen LogP contribution in [0.3, 0.4) is 0 Å². The lowest BCUT2D eigenvalue weighted by molar-refractivity contribution is -0.385. The third kappa shape index (κ3) is 3.95. The highest BCUT2D eigenvalue weighted by Gasteiger charge is 2.21. The summed E-state index contributed by atoms with van der Waals surface area (Å²) in [5, 5.41) is 13.5. The van der Waals surface area contributed by atoms with Crippen LogP contribution in [-0.4, -0.2) is 37.1 Å². The standard InChI is InChI=1S/C18H16N2O8/c1-10(21)12-6-16-17(28-9-27-16)7-13(12)19-18(22)8-26-15-5-11(20(23)24)3-4-14(15)25-2/h3-7H,8-9H2,1-2H3,(H,19,22). The van der Waals surface area contributed by atoms with Crippen molar-refractivity contribution in [1.29, 1.82) is 0 Å². The molecule has 0 saturated heterocycles. The van der Waals surface area contributed by atoms with Crippen LogP contribution in [0.1, 0.15) is 17.3 Å². The highest BCUT2D eigenvalue weighted by molar-refractivity contribution is 6.04.